The van der Waals surface area contributed by atoms with E-state index in [1.807, 2.05) is 13.0 Å². The van der Waals surface area contributed by atoms with Crippen molar-refractivity contribution < 1.29 is 13.2 Å². The number of carbonyl (C=O) groups is 1. The first-order chi connectivity index (χ1) is 13.8. The molecule has 0 radical (unpaired) electrons. The number of sulfonamides is 1. The molecule has 0 saturated heterocycles. The Morgan fingerprint density at radius 1 is 1.24 bits per heavy atom. The smallest absolute Gasteiger partial charge is 0.234 e. The molecule has 2 aromatic rings. The molecule has 1 aromatic heterocycles. The Morgan fingerprint density at radius 3 is 2.69 bits per heavy atom. The summed E-state index contributed by atoms with van der Waals surface area (Å²) in [6, 6.07) is 5.36. The van der Waals surface area contributed by atoms with Gasteiger partial charge < -0.3 is 4.57 Å². The van der Waals surface area contributed by atoms with Crippen molar-refractivity contribution in [3.63, 3.8) is 0 Å². The number of ketones is 1. The molecule has 0 bridgehead atoms. The van der Waals surface area contributed by atoms with Gasteiger partial charge in [-0.2, -0.15) is 0 Å². The van der Waals surface area contributed by atoms with Crippen molar-refractivity contribution in [2.45, 2.75) is 58.7 Å². The number of hydrogen-bond donors (Lipinski definition) is 0. The molecule has 1 aliphatic heterocycles. The lowest BCUT2D eigenvalue weighted by Gasteiger charge is -2.18. The molecular formula is C21H29N3O3S2. The second kappa shape index (κ2) is 8.92. The van der Waals surface area contributed by atoms with Gasteiger partial charge in [0, 0.05) is 24.3 Å². The zero-order chi connectivity index (χ0) is 21.2. The number of rotatable bonds is 9. The number of thioether (sulfide) groups is 1. The van der Waals surface area contributed by atoms with Crippen LogP contribution in [0.2, 0.25) is 0 Å². The van der Waals surface area contributed by atoms with Gasteiger partial charge in [-0.3, -0.25) is 9.10 Å². The van der Waals surface area contributed by atoms with Crippen LogP contribution in [-0.4, -0.2) is 41.8 Å². The minimum Gasteiger partial charge on any atom is -0.323 e. The van der Waals surface area contributed by atoms with Crippen LogP contribution in [0.15, 0.2) is 23.4 Å². The van der Waals surface area contributed by atoms with Crippen molar-refractivity contribution in [2.75, 3.05) is 22.4 Å². The number of imidazole rings is 1. The SMILES string of the molecule is CCCCn1c(SCC(=O)c2ccc3c(c2)CCN3S(=O)(=O)CC)nc(C)c1C. The third-order valence-corrected chi connectivity index (χ3v) is 8.20. The highest BCUT2D eigenvalue weighted by molar-refractivity contribution is 7.99. The molecule has 0 N–H and O–H groups in total. The van der Waals surface area contributed by atoms with Gasteiger partial charge in [0.25, 0.3) is 0 Å². The molecule has 3 rings (SSSR count). The molecule has 0 aliphatic carbocycles. The summed E-state index contributed by atoms with van der Waals surface area (Å²) in [6.07, 6.45) is 2.84. The van der Waals surface area contributed by atoms with Crippen LogP contribution in [0.3, 0.4) is 0 Å². The normalized spacial score (nSPS) is 13.7. The predicted molar refractivity (Wildman–Crippen MR) is 119 cm³/mol. The van der Waals surface area contributed by atoms with E-state index in [9.17, 15) is 13.2 Å². The quantitative estimate of drug-likeness (QED) is 0.440. The van der Waals surface area contributed by atoms with Gasteiger partial charge in [-0.05, 0) is 57.4 Å². The van der Waals surface area contributed by atoms with E-state index in [0.29, 0.717) is 30.0 Å². The van der Waals surface area contributed by atoms with E-state index >= 15 is 0 Å². The van der Waals surface area contributed by atoms with E-state index in [1.165, 1.54) is 16.1 Å². The van der Waals surface area contributed by atoms with Gasteiger partial charge in [0.05, 0.1) is 22.9 Å². The average molecular weight is 436 g/mol. The fraction of sp³-hybridized carbons (Fsp3) is 0.524. The van der Waals surface area contributed by atoms with E-state index in [0.717, 1.165) is 41.5 Å². The maximum Gasteiger partial charge on any atom is 0.234 e. The Hall–Kier alpha value is -1.80. The number of aryl methyl sites for hydroxylation is 1. The number of hydrogen-bond acceptors (Lipinski definition) is 5. The number of anilines is 1. The fourth-order valence-electron chi connectivity index (χ4n) is 3.52. The van der Waals surface area contributed by atoms with Crippen LogP contribution in [-0.2, 0) is 23.0 Å². The molecule has 1 aliphatic rings. The van der Waals surface area contributed by atoms with E-state index in [-0.39, 0.29) is 11.5 Å². The molecule has 0 atom stereocenters. The van der Waals surface area contributed by atoms with Crippen LogP contribution in [0.4, 0.5) is 5.69 Å². The Morgan fingerprint density at radius 2 is 2.00 bits per heavy atom. The van der Waals surface area contributed by atoms with E-state index < -0.39 is 10.0 Å². The topological polar surface area (TPSA) is 72.3 Å². The van der Waals surface area contributed by atoms with Crippen molar-refractivity contribution >= 4 is 33.3 Å². The second-order valence-corrected chi connectivity index (χ2v) is 10.5. The van der Waals surface area contributed by atoms with Gasteiger partial charge in [-0.15, -0.1) is 0 Å². The maximum atomic E-state index is 12.8. The maximum absolute atomic E-state index is 12.8. The number of benzene rings is 1. The molecule has 0 amide bonds. The van der Waals surface area contributed by atoms with Crippen molar-refractivity contribution in [2.24, 2.45) is 0 Å². The monoisotopic (exact) mass is 435 g/mol. The summed E-state index contributed by atoms with van der Waals surface area (Å²) < 4.78 is 28.1. The van der Waals surface area contributed by atoms with Crippen LogP contribution in [0.1, 0.15) is 54.0 Å². The molecule has 2 heterocycles. The van der Waals surface area contributed by atoms with Gasteiger partial charge in [-0.25, -0.2) is 13.4 Å². The molecule has 8 heteroatoms. The van der Waals surface area contributed by atoms with Crippen LogP contribution in [0.25, 0.3) is 0 Å². The summed E-state index contributed by atoms with van der Waals surface area (Å²) in [5.41, 5.74) is 4.42. The Balaban J connectivity index is 1.73. The number of nitrogens with zero attached hydrogens (tertiary/aromatic N) is 3. The largest absolute Gasteiger partial charge is 0.323 e. The number of fused-ring (bicyclic) bond motifs is 1. The summed E-state index contributed by atoms with van der Waals surface area (Å²) in [4.78, 5) is 17.4. The first kappa shape index (κ1) is 21.9. The summed E-state index contributed by atoms with van der Waals surface area (Å²) in [5, 5.41) is 0.892. The molecule has 0 unspecified atom stereocenters. The van der Waals surface area contributed by atoms with Gasteiger partial charge in [0.15, 0.2) is 10.9 Å². The van der Waals surface area contributed by atoms with E-state index in [4.69, 9.17) is 0 Å². The zero-order valence-corrected chi connectivity index (χ0v) is 19.2. The molecule has 0 spiro atoms. The predicted octanol–water partition coefficient (Wildman–Crippen LogP) is 3.99. The van der Waals surface area contributed by atoms with Gasteiger partial charge in [0.1, 0.15) is 0 Å². The molecular weight excluding hydrogens is 406 g/mol. The summed E-state index contributed by atoms with van der Waals surface area (Å²) >= 11 is 1.47. The van der Waals surface area contributed by atoms with Crippen molar-refractivity contribution in [3.8, 4) is 0 Å². The van der Waals surface area contributed by atoms with E-state index in [1.54, 1.807) is 19.1 Å². The summed E-state index contributed by atoms with van der Waals surface area (Å²) in [6.45, 7) is 9.25. The highest BCUT2D eigenvalue weighted by Gasteiger charge is 2.28. The van der Waals surface area contributed by atoms with Crippen LogP contribution in [0.5, 0.6) is 0 Å². The van der Waals surface area contributed by atoms with Gasteiger partial charge in [0.2, 0.25) is 10.0 Å². The lowest BCUT2D eigenvalue weighted by atomic mass is 10.1. The summed E-state index contributed by atoms with van der Waals surface area (Å²) in [7, 11) is -3.27. The molecule has 158 valence electrons. The molecule has 6 nitrogen and oxygen atoms in total. The van der Waals surface area contributed by atoms with Crippen LogP contribution < -0.4 is 4.31 Å². The molecule has 1 aromatic carbocycles. The third kappa shape index (κ3) is 4.53. The number of unbranched alkanes of at least 4 members (excludes halogenated alkanes) is 1. The van der Waals surface area contributed by atoms with Gasteiger partial charge >= 0.3 is 0 Å². The highest BCUT2D eigenvalue weighted by Crippen LogP contribution is 2.32. The fourth-order valence-corrected chi connectivity index (χ4v) is 5.69. The minimum absolute atomic E-state index is 0.0370. The third-order valence-electron chi connectivity index (χ3n) is 5.45. The van der Waals surface area contributed by atoms with Crippen molar-refractivity contribution in [1.82, 2.24) is 9.55 Å². The van der Waals surface area contributed by atoms with Crippen LogP contribution >= 0.6 is 11.8 Å². The molecule has 29 heavy (non-hydrogen) atoms. The Bertz CT molecular complexity index is 1010. The van der Waals surface area contributed by atoms with Gasteiger partial charge in [-0.1, -0.05) is 25.1 Å². The van der Waals surface area contributed by atoms with Crippen molar-refractivity contribution in [3.05, 3.63) is 40.7 Å². The molecule has 0 fully saturated rings. The number of Topliss-reactive ketones (excluding diaryl/α,β-unsaturated/α-hetero) is 1. The Kier molecular flexibility index (Phi) is 6.73. The average Bonchev–Trinajstić information content (AvgIpc) is 3.26. The number of carbonyl (C=O) groups excluding carboxylic acids is 1. The first-order valence-corrected chi connectivity index (χ1v) is 12.7. The minimum atomic E-state index is -3.27. The number of aromatic nitrogens is 2. The Labute approximate surface area is 177 Å². The van der Waals surface area contributed by atoms with Crippen molar-refractivity contribution in [1.29, 1.82) is 0 Å². The van der Waals surface area contributed by atoms with Crippen LogP contribution in [0, 0.1) is 13.8 Å². The highest BCUT2D eigenvalue weighted by atomic mass is 32.2. The zero-order valence-electron chi connectivity index (χ0n) is 17.6. The second-order valence-electron chi connectivity index (χ2n) is 7.35. The first-order valence-electron chi connectivity index (χ1n) is 10.1. The lowest BCUT2D eigenvalue weighted by molar-refractivity contribution is 0.102. The standard InChI is InChI=1S/C21H29N3O3S2/c1-5-7-11-23-16(4)15(3)22-21(23)28-14-20(25)18-8-9-19-17(13-18)10-12-24(19)29(26,27)6-2/h8-9,13H,5-7,10-12,14H2,1-4H3. The summed E-state index contributed by atoms with van der Waals surface area (Å²) in [5.74, 6) is 0.431. The molecule has 0 saturated carbocycles. The van der Waals surface area contributed by atoms with E-state index in [2.05, 4.69) is 23.4 Å². The lowest BCUT2D eigenvalue weighted by Crippen LogP contribution is -2.30.